The van der Waals surface area contributed by atoms with E-state index in [4.69, 9.17) is 4.74 Å². The summed E-state index contributed by atoms with van der Waals surface area (Å²) in [5.41, 5.74) is 0. The van der Waals surface area contributed by atoms with Crippen molar-refractivity contribution in [2.45, 2.75) is 13.8 Å². The van der Waals surface area contributed by atoms with Crippen LogP contribution in [0.1, 0.15) is 13.8 Å². The Labute approximate surface area is 106 Å². The van der Waals surface area contributed by atoms with Gasteiger partial charge in [0, 0.05) is 18.8 Å². The van der Waals surface area contributed by atoms with E-state index in [9.17, 15) is 0 Å². The molecule has 0 saturated carbocycles. The second-order valence-corrected chi connectivity index (χ2v) is 4.13. The molecule has 0 aromatic carbocycles. The van der Waals surface area contributed by atoms with Gasteiger partial charge in [0.05, 0.1) is 6.61 Å². The number of hydrogen-bond acceptors (Lipinski definition) is 7. The SMILES string of the molecule is CCNc1nc(NCCSC)nc(OCC)n1. The van der Waals surface area contributed by atoms with Crippen LogP contribution in [0, 0.1) is 0 Å². The van der Waals surface area contributed by atoms with Gasteiger partial charge in [0.25, 0.3) is 0 Å². The van der Waals surface area contributed by atoms with E-state index < -0.39 is 0 Å². The van der Waals surface area contributed by atoms with E-state index in [0.717, 1.165) is 18.8 Å². The number of nitrogens with one attached hydrogen (secondary N) is 2. The molecule has 1 aromatic rings. The lowest BCUT2D eigenvalue weighted by Crippen LogP contribution is -2.12. The van der Waals surface area contributed by atoms with E-state index in [1.54, 1.807) is 11.8 Å². The lowest BCUT2D eigenvalue weighted by Gasteiger charge is -2.08. The molecule has 0 bridgehead atoms. The fourth-order valence-corrected chi connectivity index (χ4v) is 1.44. The molecule has 0 unspecified atom stereocenters. The highest BCUT2D eigenvalue weighted by molar-refractivity contribution is 7.98. The molecule has 0 amide bonds. The van der Waals surface area contributed by atoms with Gasteiger partial charge in [-0.3, -0.25) is 0 Å². The largest absolute Gasteiger partial charge is 0.464 e. The minimum atomic E-state index is 0.352. The predicted molar refractivity (Wildman–Crippen MR) is 72.0 cm³/mol. The minimum Gasteiger partial charge on any atom is -0.464 e. The summed E-state index contributed by atoms with van der Waals surface area (Å²) in [6.07, 6.45) is 2.06. The van der Waals surface area contributed by atoms with Gasteiger partial charge in [-0.2, -0.15) is 26.7 Å². The summed E-state index contributed by atoms with van der Waals surface area (Å²) in [5.74, 6) is 2.10. The van der Waals surface area contributed by atoms with E-state index >= 15 is 0 Å². The summed E-state index contributed by atoms with van der Waals surface area (Å²) < 4.78 is 5.29. The van der Waals surface area contributed by atoms with E-state index in [1.807, 2.05) is 13.8 Å². The van der Waals surface area contributed by atoms with Crippen LogP contribution in [0.15, 0.2) is 0 Å². The maximum atomic E-state index is 5.29. The van der Waals surface area contributed by atoms with Gasteiger partial charge >= 0.3 is 6.01 Å². The summed E-state index contributed by atoms with van der Waals surface area (Å²) >= 11 is 1.77. The van der Waals surface area contributed by atoms with Gasteiger partial charge in [0.15, 0.2) is 0 Å². The van der Waals surface area contributed by atoms with Crippen LogP contribution in [0.5, 0.6) is 6.01 Å². The third-order valence-electron chi connectivity index (χ3n) is 1.81. The molecule has 0 saturated heterocycles. The Kier molecular flexibility index (Phi) is 6.46. The Morgan fingerprint density at radius 2 is 1.82 bits per heavy atom. The molecule has 1 heterocycles. The molecule has 96 valence electrons. The molecule has 17 heavy (non-hydrogen) atoms. The van der Waals surface area contributed by atoms with Crippen molar-refractivity contribution < 1.29 is 4.74 Å². The topological polar surface area (TPSA) is 72.0 Å². The number of ether oxygens (including phenoxy) is 1. The number of aromatic nitrogens is 3. The van der Waals surface area contributed by atoms with Crippen LogP contribution < -0.4 is 15.4 Å². The van der Waals surface area contributed by atoms with Crippen molar-refractivity contribution in [3.63, 3.8) is 0 Å². The van der Waals surface area contributed by atoms with Gasteiger partial charge in [0.1, 0.15) is 0 Å². The molecule has 0 aliphatic carbocycles. The number of thioether (sulfide) groups is 1. The first kappa shape index (κ1) is 13.8. The Morgan fingerprint density at radius 1 is 1.12 bits per heavy atom. The second-order valence-electron chi connectivity index (χ2n) is 3.15. The molecule has 1 rings (SSSR count). The summed E-state index contributed by atoms with van der Waals surface area (Å²) in [7, 11) is 0. The summed E-state index contributed by atoms with van der Waals surface area (Å²) in [6.45, 7) is 6.02. The predicted octanol–water partition coefficient (Wildman–Crippen LogP) is 1.48. The van der Waals surface area contributed by atoms with E-state index in [1.165, 1.54) is 0 Å². The second kappa shape index (κ2) is 7.94. The van der Waals surface area contributed by atoms with Crippen molar-refractivity contribution >= 4 is 23.7 Å². The lowest BCUT2D eigenvalue weighted by molar-refractivity contribution is 0.312. The molecule has 0 radical (unpaired) electrons. The minimum absolute atomic E-state index is 0.352. The van der Waals surface area contributed by atoms with Crippen LogP contribution in [0.25, 0.3) is 0 Å². The number of anilines is 2. The zero-order valence-electron chi connectivity index (χ0n) is 10.5. The van der Waals surface area contributed by atoms with Crippen molar-refractivity contribution in [1.82, 2.24) is 15.0 Å². The normalized spacial score (nSPS) is 10.1. The van der Waals surface area contributed by atoms with Crippen molar-refractivity contribution in [2.24, 2.45) is 0 Å². The van der Waals surface area contributed by atoms with Crippen molar-refractivity contribution in [3.05, 3.63) is 0 Å². The number of hydrogen-bond donors (Lipinski definition) is 2. The van der Waals surface area contributed by atoms with Gasteiger partial charge in [-0.05, 0) is 20.1 Å². The molecule has 0 aliphatic heterocycles. The first-order chi connectivity index (χ1) is 8.30. The fraction of sp³-hybridized carbons (Fsp3) is 0.700. The monoisotopic (exact) mass is 257 g/mol. The average Bonchev–Trinajstić information content (AvgIpc) is 2.30. The molecular weight excluding hydrogens is 238 g/mol. The molecule has 0 atom stereocenters. The Bertz CT molecular complexity index is 312. The molecule has 1 aromatic heterocycles. The molecule has 0 fully saturated rings. The van der Waals surface area contributed by atoms with E-state index in [2.05, 4.69) is 31.8 Å². The van der Waals surface area contributed by atoms with Crippen LogP contribution in [0.4, 0.5) is 11.9 Å². The molecule has 0 spiro atoms. The van der Waals surface area contributed by atoms with E-state index in [0.29, 0.717) is 24.5 Å². The standard InChI is InChI=1S/C10H19N5OS/c1-4-11-8-13-9(12-6-7-17-3)15-10(14-8)16-5-2/h4-7H2,1-3H3,(H2,11,12,13,14,15). The Hall–Kier alpha value is -1.24. The van der Waals surface area contributed by atoms with Crippen LogP contribution >= 0.6 is 11.8 Å². The molecular formula is C10H19N5OS. The van der Waals surface area contributed by atoms with E-state index in [-0.39, 0.29) is 0 Å². The summed E-state index contributed by atoms with van der Waals surface area (Å²) in [4.78, 5) is 12.6. The molecule has 7 heteroatoms. The lowest BCUT2D eigenvalue weighted by atomic mass is 10.7. The first-order valence-electron chi connectivity index (χ1n) is 5.65. The van der Waals surface area contributed by atoms with Gasteiger partial charge in [-0.25, -0.2) is 0 Å². The Balaban J connectivity index is 2.72. The van der Waals surface area contributed by atoms with Crippen LogP contribution in [0.2, 0.25) is 0 Å². The van der Waals surface area contributed by atoms with Gasteiger partial charge < -0.3 is 15.4 Å². The first-order valence-corrected chi connectivity index (χ1v) is 7.05. The quantitative estimate of drug-likeness (QED) is 0.683. The third-order valence-corrected chi connectivity index (χ3v) is 2.42. The number of nitrogens with zero attached hydrogens (tertiary/aromatic N) is 3. The summed E-state index contributed by atoms with van der Waals surface area (Å²) in [5, 5.41) is 6.19. The van der Waals surface area contributed by atoms with Crippen LogP contribution in [-0.2, 0) is 0 Å². The maximum Gasteiger partial charge on any atom is 0.323 e. The van der Waals surface area contributed by atoms with Crippen LogP contribution in [-0.4, -0.2) is 46.7 Å². The highest BCUT2D eigenvalue weighted by atomic mass is 32.2. The summed E-state index contributed by atoms with van der Waals surface area (Å²) in [6, 6.07) is 0.352. The molecule has 0 aliphatic rings. The van der Waals surface area contributed by atoms with Gasteiger partial charge in [-0.1, -0.05) is 0 Å². The highest BCUT2D eigenvalue weighted by Gasteiger charge is 2.05. The highest BCUT2D eigenvalue weighted by Crippen LogP contribution is 2.11. The van der Waals surface area contributed by atoms with Crippen molar-refractivity contribution in [3.8, 4) is 6.01 Å². The number of rotatable bonds is 8. The Morgan fingerprint density at radius 3 is 2.41 bits per heavy atom. The zero-order valence-corrected chi connectivity index (χ0v) is 11.3. The van der Waals surface area contributed by atoms with Crippen molar-refractivity contribution in [1.29, 1.82) is 0 Å². The smallest absolute Gasteiger partial charge is 0.323 e. The third kappa shape index (κ3) is 5.08. The van der Waals surface area contributed by atoms with Crippen molar-refractivity contribution in [2.75, 3.05) is 42.3 Å². The zero-order chi connectivity index (χ0) is 12.5. The fourth-order valence-electron chi connectivity index (χ4n) is 1.13. The maximum absolute atomic E-state index is 5.29. The molecule has 2 N–H and O–H groups in total. The average molecular weight is 257 g/mol. The van der Waals surface area contributed by atoms with Gasteiger partial charge in [-0.15, -0.1) is 0 Å². The molecule has 6 nitrogen and oxygen atoms in total. The van der Waals surface area contributed by atoms with Gasteiger partial charge in [0.2, 0.25) is 11.9 Å². The van der Waals surface area contributed by atoms with Crippen LogP contribution in [0.3, 0.4) is 0 Å².